The van der Waals surface area contributed by atoms with Gasteiger partial charge in [0.1, 0.15) is 5.01 Å². The van der Waals surface area contributed by atoms with Crippen LogP contribution in [0.4, 0.5) is 11.4 Å². The molecule has 0 bridgehead atoms. The molecule has 30 heavy (non-hydrogen) atoms. The van der Waals surface area contributed by atoms with Crippen molar-refractivity contribution >= 4 is 44.7 Å². The molecule has 0 atom stereocenters. The minimum atomic E-state index is -0.300. The molecule has 2 N–H and O–H groups in total. The fourth-order valence-corrected chi connectivity index (χ4v) is 4.41. The molecule has 0 unspecified atom stereocenters. The van der Waals surface area contributed by atoms with E-state index in [9.17, 15) is 9.59 Å². The zero-order chi connectivity index (χ0) is 20.7. The number of benzene rings is 3. The van der Waals surface area contributed by atoms with E-state index in [1.807, 2.05) is 30.3 Å². The van der Waals surface area contributed by atoms with Crippen molar-refractivity contribution in [2.75, 3.05) is 17.2 Å². The van der Waals surface area contributed by atoms with E-state index in [4.69, 9.17) is 9.72 Å². The summed E-state index contributed by atoms with van der Waals surface area (Å²) in [5, 5.41) is 6.53. The standard InChI is InChI=1S/C23H17N3O3S/c1-13-5-10-17-19(11-13)30-23(26-17)14-6-8-15(9-7-14)24-22(28)16-3-2-4-18-21(16)29-12-20(27)25-18/h2-11H,12H2,1H3,(H,24,28)(H,25,27). The monoisotopic (exact) mass is 415 g/mol. The van der Waals surface area contributed by atoms with Gasteiger partial charge in [0.25, 0.3) is 11.8 Å². The molecule has 1 aromatic heterocycles. The van der Waals surface area contributed by atoms with E-state index in [2.05, 4.69) is 29.7 Å². The van der Waals surface area contributed by atoms with Gasteiger partial charge in [0.2, 0.25) is 0 Å². The topological polar surface area (TPSA) is 80.3 Å². The molecule has 1 aliphatic heterocycles. The minimum absolute atomic E-state index is 0.103. The molecule has 4 aromatic rings. The third-order valence-corrected chi connectivity index (χ3v) is 5.88. The first-order valence-electron chi connectivity index (χ1n) is 9.41. The summed E-state index contributed by atoms with van der Waals surface area (Å²) in [4.78, 5) is 28.9. The fourth-order valence-electron chi connectivity index (χ4n) is 3.34. The van der Waals surface area contributed by atoms with E-state index in [1.165, 1.54) is 5.56 Å². The lowest BCUT2D eigenvalue weighted by Crippen LogP contribution is -2.27. The van der Waals surface area contributed by atoms with Crippen LogP contribution in [0.15, 0.2) is 60.7 Å². The largest absolute Gasteiger partial charge is 0.481 e. The number of nitrogens with zero attached hydrogens (tertiary/aromatic N) is 1. The molecular formula is C23H17N3O3S. The Balaban J connectivity index is 1.37. The van der Waals surface area contributed by atoms with Crippen LogP contribution in [0.2, 0.25) is 0 Å². The van der Waals surface area contributed by atoms with Gasteiger partial charge in [-0.2, -0.15) is 0 Å². The van der Waals surface area contributed by atoms with Crippen molar-refractivity contribution < 1.29 is 14.3 Å². The van der Waals surface area contributed by atoms with Gasteiger partial charge in [0.15, 0.2) is 12.4 Å². The van der Waals surface area contributed by atoms with E-state index in [0.717, 1.165) is 20.8 Å². The molecule has 0 spiro atoms. The second-order valence-electron chi connectivity index (χ2n) is 7.04. The number of anilines is 2. The zero-order valence-corrected chi connectivity index (χ0v) is 16.9. The number of ether oxygens (including phenoxy) is 1. The highest BCUT2D eigenvalue weighted by atomic mass is 32.1. The average Bonchev–Trinajstić information content (AvgIpc) is 3.16. The lowest BCUT2D eigenvalue weighted by molar-refractivity contribution is -0.118. The van der Waals surface area contributed by atoms with Crippen molar-refractivity contribution in [3.63, 3.8) is 0 Å². The first-order chi connectivity index (χ1) is 14.6. The number of amides is 2. The summed E-state index contributed by atoms with van der Waals surface area (Å²) in [5.41, 5.74) is 4.73. The van der Waals surface area contributed by atoms with Crippen LogP contribution in [-0.2, 0) is 4.79 Å². The van der Waals surface area contributed by atoms with Crippen LogP contribution in [0, 0.1) is 6.92 Å². The predicted molar refractivity (Wildman–Crippen MR) is 118 cm³/mol. The molecule has 7 heteroatoms. The molecule has 0 saturated carbocycles. The van der Waals surface area contributed by atoms with E-state index >= 15 is 0 Å². The van der Waals surface area contributed by atoms with Gasteiger partial charge in [0, 0.05) is 11.3 Å². The Morgan fingerprint density at radius 3 is 2.80 bits per heavy atom. The van der Waals surface area contributed by atoms with E-state index < -0.39 is 0 Å². The van der Waals surface area contributed by atoms with E-state index in [0.29, 0.717) is 22.7 Å². The number of thiazole rings is 1. The number of carbonyl (C=O) groups is 2. The number of rotatable bonds is 3. The van der Waals surface area contributed by atoms with Crippen molar-refractivity contribution in [3.8, 4) is 16.3 Å². The molecule has 5 rings (SSSR count). The lowest BCUT2D eigenvalue weighted by atomic mass is 10.1. The highest BCUT2D eigenvalue weighted by Gasteiger charge is 2.22. The first kappa shape index (κ1) is 18.3. The van der Waals surface area contributed by atoms with Crippen molar-refractivity contribution in [2.24, 2.45) is 0 Å². The number of hydrogen-bond acceptors (Lipinski definition) is 5. The van der Waals surface area contributed by atoms with E-state index in [-0.39, 0.29) is 18.4 Å². The van der Waals surface area contributed by atoms with Crippen LogP contribution in [0.1, 0.15) is 15.9 Å². The minimum Gasteiger partial charge on any atom is -0.481 e. The Kier molecular flexibility index (Phi) is 4.44. The third kappa shape index (κ3) is 3.40. The van der Waals surface area contributed by atoms with Crippen LogP contribution in [0.5, 0.6) is 5.75 Å². The molecule has 0 saturated heterocycles. The van der Waals surface area contributed by atoms with Gasteiger partial charge in [-0.05, 0) is 61.0 Å². The number of carbonyl (C=O) groups excluding carboxylic acids is 2. The summed E-state index contributed by atoms with van der Waals surface area (Å²) in [6.45, 7) is 1.97. The molecule has 6 nitrogen and oxygen atoms in total. The van der Waals surface area contributed by atoms with Gasteiger partial charge < -0.3 is 15.4 Å². The molecule has 148 valence electrons. The molecule has 1 aliphatic rings. The normalized spacial score (nSPS) is 12.8. The predicted octanol–water partition coefficient (Wildman–Crippen LogP) is 4.85. The average molecular weight is 415 g/mol. The van der Waals surface area contributed by atoms with Crippen molar-refractivity contribution in [3.05, 3.63) is 71.8 Å². The van der Waals surface area contributed by atoms with Crippen LogP contribution >= 0.6 is 11.3 Å². The summed E-state index contributed by atoms with van der Waals surface area (Å²) in [6.07, 6.45) is 0. The van der Waals surface area contributed by atoms with E-state index in [1.54, 1.807) is 29.5 Å². The maximum Gasteiger partial charge on any atom is 0.262 e. The van der Waals surface area contributed by atoms with Crippen molar-refractivity contribution in [2.45, 2.75) is 6.92 Å². The summed E-state index contributed by atoms with van der Waals surface area (Å²) in [7, 11) is 0. The highest BCUT2D eigenvalue weighted by Crippen LogP contribution is 2.33. The number of fused-ring (bicyclic) bond motifs is 2. The molecule has 0 radical (unpaired) electrons. The van der Waals surface area contributed by atoms with Gasteiger partial charge in [0.05, 0.1) is 21.5 Å². The summed E-state index contributed by atoms with van der Waals surface area (Å²) < 4.78 is 6.62. The molecular weight excluding hydrogens is 398 g/mol. The Bertz CT molecular complexity index is 1300. The van der Waals surface area contributed by atoms with Crippen molar-refractivity contribution in [1.82, 2.24) is 4.98 Å². The summed E-state index contributed by atoms with van der Waals surface area (Å²) >= 11 is 1.65. The fraction of sp³-hybridized carbons (Fsp3) is 0.0870. The summed E-state index contributed by atoms with van der Waals surface area (Å²) in [5.74, 6) is -0.150. The maximum absolute atomic E-state index is 12.8. The summed E-state index contributed by atoms with van der Waals surface area (Å²) in [6, 6.07) is 18.9. The highest BCUT2D eigenvalue weighted by molar-refractivity contribution is 7.21. The molecule has 0 aliphatic carbocycles. The zero-order valence-electron chi connectivity index (χ0n) is 16.1. The number of hydrogen-bond donors (Lipinski definition) is 2. The Morgan fingerprint density at radius 1 is 1.13 bits per heavy atom. The lowest BCUT2D eigenvalue weighted by Gasteiger charge is -2.20. The smallest absolute Gasteiger partial charge is 0.262 e. The first-order valence-corrected chi connectivity index (χ1v) is 10.2. The van der Waals surface area contributed by atoms with Crippen LogP contribution in [0.25, 0.3) is 20.8 Å². The molecule has 0 fully saturated rings. The van der Waals surface area contributed by atoms with Crippen LogP contribution in [0.3, 0.4) is 0 Å². The Labute approximate surface area is 176 Å². The molecule has 3 aromatic carbocycles. The Hall–Kier alpha value is -3.71. The van der Waals surface area contributed by atoms with Gasteiger partial charge in [-0.25, -0.2) is 4.98 Å². The SMILES string of the molecule is Cc1ccc2nc(-c3ccc(NC(=O)c4cccc5c4OCC(=O)N5)cc3)sc2c1. The number of nitrogens with one attached hydrogen (secondary N) is 2. The van der Waals surface area contributed by atoms with Crippen LogP contribution in [-0.4, -0.2) is 23.4 Å². The quantitative estimate of drug-likeness (QED) is 0.501. The maximum atomic E-state index is 12.8. The Morgan fingerprint density at radius 2 is 1.97 bits per heavy atom. The van der Waals surface area contributed by atoms with Gasteiger partial charge in [-0.3, -0.25) is 9.59 Å². The number of aryl methyl sites for hydroxylation is 1. The van der Waals surface area contributed by atoms with Gasteiger partial charge in [-0.15, -0.1) is 11.3 Å². The van der Waals surface area contributed by atoms with Gasteiger partial charge in [-0.1, -0.05) is 12.1 Å². The number of para-hydroxylation sites is 1. The van der Waals surface area contributed by atoms with Gasteiger partial charge >= 0.3 is 0 Å². The third-order valence-electron chi connectivity index (χ3n) is 4.82. The van der Waals surface area contributed by atoms with Crippen LogP contribution < -0.4 is 15.4 Å². The second-order valence-corrected chi connectivity index (χ2v) is 8.07. The molecule has 2 heterocycles. The number of aromatic nitrogens is 1. The second kappa shape index (κ2) is 7.27. The van der Waals surface area contributed by atoms with Crippen molar-refractivity contribution in [1.29, 1.82) is 0 Å². The molecule has 2 amide bonds.